The standard InChI is InChI=1S/C13H23NOS/c1-6-10(14)12(15-13(3,4)5)11-8-7-9(2)16-11/h7-8,10,12H,6,14H2,1-5H3. The van der Waals surface area contributed by atoms with Gasteiger partial charge >= 0.3 is 0 Å². The van der Waals surface area contributed by atoms with Crippen molar-refractivity contribution in [1.29, 1.82) is 0 Å². The van der Waals surface area contributed by atoms with E-state index in [4.69, 9.17) is 10.5 Å². The maximum absolute atomic E-state index is 6.15. The monoisotopic (exact) mass is 241 g/mol. The Morgan fingerprint density at radius 3 is 2.38 bits per heavy atom. The van der Waals surface area contributed by atoms with E-state index in [-0.39, 0.29) is 17.7 Å². The smallest absolute Gasteiger partial charge is 0.107 e. The summed E-state index contributed by atoms with van der Waals surface area (Å²) in [4.78, 5) is 2.54. The van der Waals surface area contributed by atoms with Crippen molar-refractivity contribution in [2.24, 2.45) is 5.73 Å². The van der Waals surface area contributed by atoms with Gasteiger partial charge < -0.3 is 10.5 Å². The molecule has 0 saturated heterocycles. The molecule has 2 N–H and O–H groups in total. The van der Waals surface area contributed by atoms with E-state index in [1.165, 1.54) is 9.75 Å². The van der Waals surface area contributed by atoms with Crippen molar-refractivity contribution in [2.45, 2.75) is 58.8 Å². The highest BCUT2D eigenvalue weighted by atomic mass is 32.1. The van der Waals surface area contributed by atoms with Crippen molar-refractivity contribution in [1.82, 2.24) is 0 Å². The van der Waals surface area contributed by atoms with Gasteiger partial charge in [0.25, 0.3) is 0 Å². The topological polar surface area (TPSA) is 35.2 Å². The molecule has 1 heterocycles. The molecular weight excluding hydrogens is 218 g/mol. The molecule has 0 fully saturated rings. The van der Waals surface area contributed by atoms with Crippen LogP contribution in [0.2, 0.25) is 0 Å². The van der Waals surface area contributed by atoms with E-state index in [1.807, 2.05) is 0 Å². The molecule has 0 amide bonds. The van der Waals surface area contributed by atoms with Crippen LogP contribution < -0.4 is 5.73 Å². The minimum absolute atomic E-state index is 0.0173. The summed E-state index contributed by atoms with van der Waals surface area (Å²) in [6.07, 6.45) is 0.946. The Labute approximate surface area is 103 Å². The Kier molecular flexibility index (Phi) is 4.53. The van der Waals surface area contributed by atoms with Gasteiger partial charge in [0.15, 0.2) is 0 Å². The molecule has 1 rings (SSSR count). The third kappa shape index (κ3) is 3.89. The largest absolute Gasteiger partial charge is 0.365 e. The summed E-state index contributed by atoms with van der Waals surface area (Å²) in [5.41, 5.74) is 5.99. The van der Waals surface area contributed by atoms with Gasteiger partial charge in [-0.2, -0.15) is 0 Å². The van der Waals surface area contributed by atoms with Gasteiger partial charge in [0.1, 0.15) is 6.10 Å². The third-order valence-corrected chi connectivity index (χ3v) is 3.44. The Morgan fingerprint density at radius 2 is 2.00 bits per heavy atom. The molecule has 0 aliphatic carbocycles. The van der Waals surface area contributed by atoms with Crippen LogP contribution in [0, 0.1) is 6.92 Å². The molecule has 0 aromatic carbocycles. The molecule has 16 heavy (non-hydrogen) atoms. The predicted molar refractivity (Wildman–Crippen MR) is 70.9 cm³/mol. The second kappa shape index (κ2) is 5.30. The summed E-state index contributed by atoms with van der Waals surface area (Å²) in [5, 5.41) is 0. The normalized spacial score (nSPS) is 16.1. The highest BCUT2D eigenvalue weighted by Gasteiger charge is 2.26. The summed E-state index contributed by atoms with van der Waals surface area (Å²) in [6, 6.07) is 4.32. The fraction of sp³-hybridized carbons (Fsp3) is 0.692. The van der Waals surface area contributed by atoms with E-state index in [2.05, 4.69) is 46.8 Å². The van der Waals surface area contributed by atoms with Gasteiger partial charge in [-0.05, 0) is 46.2 Å². The van der Waals surface area contributed by atoms with Gasteiger partial charge in [0.2, 0.25) is 0 Å². The van der Waals surface area contributed by atoms with Gasteiger partial charge in [0.05, 0.1) is 5.60 Å². The molecule has 0 bridgehead atoms. The van der Waals surface area contributed by atoms with Crippen molar-refractivity contribution >= 4 is 11.3 Å². The van der Waals surface area contributed by atoms with E-state index < -0.39 is 0 Å². The number of nitrogens with two attached hydrogens (primary N) is 1. The van der Waals surface area contributed by atoms with E-state index in [0.29, 0.717) is 0 Å². The number of rotatable bonds is 4. The first-order chi connectivity index (χ1) is 7.33. The summed E-state index contributed by atoms with van der Waals surface area (Å²) in [7, 11) is 0. The van der Waals surface area contributed by atoms with Gasteiger partial charge in [0, 0.05) is 15.8 Å². The van der Waals surface area contributed by atoms with Crippen LogP contribution in [0.1, 0.15) is 50.0 Å². The van der Waals surface area contributed by atoms with Crippen LogP contribution in [0.15, 0.2) is 12.1 Å². The second-order valence-electron chi connectivity index (χ2n) is 5.17. The number of hydrogen-bond donors (Lipinski definition) is 1. The van der Waals surface area contributed by atoms with Crippen LogP contribution >= 0.6 is 11.3 Å². The lowest BCUT2D eigenvalue weighted by Gasteiger charge is -2.30. The molecular formula is C13H23NOS. The van der Waals surface area contributed by atoms with Crippen molar-refractivity contribution in [3.63, 3.8) is 0 Å². The van der Waals surface area contributed by atoms with Crippen molar-refractivity contribution in [3.05, 3.63) is 21.9 Å². The first kappa shape index (κ1) is 13.7. The number of ether oxygens (including phenoxy) is 1. The lowest BCUT2D eigenvalue weighted by atomic mass is 10.1. The average molecular weight is 241 g/mol. The summed E-state index contributed by atoms with van der Waals surface area (Å²) < 4.78 is 6.08. The second-order valence-corrected chi connectivity index (χ2v) is 6.49. The molecule has 0 saturated carbocycles. The molecule has 0 spiro atoms. The molecule has 92 valence electrons. The van der Waals surface area contributed by atoms with Gasteiger partial charge in [-0.25, -0.2) is 0 Å². The fourth-order valence-corrected chi connectivity index (χ4v) is 2.54. The predicted octanol–water partition coefficient (Wildman–Crippen LogP) is 3.65. The van der Waals surface area contributed by atoms with Gasteiger partial charge in [-0.3, -0.25) is 0 Å². The maximum atomic E-state index is 6.15. The minimum Gasteiger partial charge on any atom is -0.365 e. The van der Waals surface area contributed by atoms with Crippen LogP contribution in [0.3, 0.4) is 0 Å². The first-order valence-electron chi connectivity index (χ1n) is 5.83. The SMILES string of the molecule is CCC(N)C(OC(C)(C)C)c1ccc(C)s1. The number of aryl methyl sites for hydroxylation is 1. The molecule has 3 heteroatoms. The Hall–Kier alpha value is -0.380. The Morgan fingerprint density at radius 1 is 1.38 bits per heavy atom. The summed E-state index contributed by atoms with van der Waals surface area (Å²) >= 11 is 1.78. The Bertz CT molecular complexity index is 327. The Balaban J connectivity index is 2.87. The van der Waals surface area contributed by atoms with Crippen molar-refractivity contribution < 1.29 is 4.74 Å². The molecule has 2 atom stereocenters. The quantitative estimate of drug-likeness (QED) is 0.873. The van der Waals surface area contributed by atoms with Crippen LogP contribution in [0.25, 0.3) is 0 Å². The molecule has 1 aromatic rings. The zero-order valence-electron chi connectivity index (χ0n) is 10.9. The van der Waals surface area contributed by atoms with Crippen LogP contribution in [0.5, 0.6) is 0 Å². The lowest BCUT2D eigenvalue weighted by Crippen LogP contribution is -2.34. The maximum Gasteiger partial charge on any atom is 0.107 e. The third-order valence-electron chi connectivity index (χ3n) is 2.38. The zero-order valence-corrected chi connectivity index (χ0v) is 11.7. The number of hydrogen-bond acceptors (Lipinski definition) is 3. The first-order valence-corrected chi connectivity index (χ1v) is 6.65. The average Bonchev–Trinajstić information content (AvgIpc) is 2.58. The van der Waals surface area contributed by atoms with Crippen LogP contribution in [0.4, 0.5) is 0 Å². The van der Waals surface area contributed by atoms with E-state index in [1.54, 1.807) is 11.3 Å². The van der Waals surface area contributed by atoms with Crippen LogP contribution in [-0.4, -0.2) is 11.6 Å². The molecule has 0 aliphatic heterocycles. The van der Waals surface area contributed by atoms with E-state index in [9.17, 15) is 0 Å². The van der Waals surface area contributed by atoms with E-state index >= 15 is 0 Å². The van der Waals surface area contributed by atoms with Crippen molar-refractivity contribution in [3.8, 4) is 0 Å². The molecule has 0 aliphatic rings. The minimum atomic E-state index is -0.157. The molecule has 2 unspecified atom stereocenters. The zero-order chi connectivity index (χ0) is 12.3. The lowest BCUT2D eigenvalue weighted by molar-refractivity contribution is -0.0712. The molecule has 1 aromatic heterocycles. The van der Waals surface area contributed by atoms with E-state index in [0.717, 1.165) is 6.42 Å². The molecule has 2 nitrogen and oxygen atoms in total. The van der Waals surface area contributed by atoms with Gasteiger partial charge in [-0.15, -0.1) is 11.3 Å². The van der Waals surface area contributed by atoms with Gasteiger partial charge in [-0.1, -0.05) is 6.92 Å². The summed E-state index contributed by atoms with van der Waals surface area (Å²) in [6.45, 7) is 10.4. The highest BCUT2D eigenvalue weighted by Crippen LogP contribution is 2.32. The van der Waals surface area contributed by atoms with Crippen LogP contribution in [-0.2, 0) is 4.74 Å². The number of thiophene rings is 1. The summed E-state index contributed by atoms with van der Waals surface area (Å²) in [5.74, 6) is 0. The molecule has 0 radical (unpaired) electrons. The fourth-order valence-electron chi connectivity index (χ4n) is 1.56. The highest BCUT2D eigenvalue weighted by molar-refractivity contribution is 7.12. The van der Waals surface area contributed by atoms with Crippen molar-refractivity contribution in [2.75, 3.05) is 0 Å².